The summed E-state index contributed by atoms with van der Waals surface area (Å²) in [6, 6.07) is 10.4. The Morgan fingerprint density at radius 3 is 2.61 bits per heavy atom. The van der Waals surface area contributed by atoms with Gasteiger partial charge in [-0.2, -0.15) is 0 Å². The number of aryl methyl sites for hydroxylation is 1. The van der Waals surface area contributed by atoms with Gasteiger partial charge in [0.2, 0.25) is 11.8 Å². The van der Waals surface area contributed by atoms with E-state index >= 15 is 0 Å². The van der Waals surface area contributed by atoms with E-state index in [9.17, 15) is 14.0 Å². The number of amides is 2. The van der Waals surface area contributed by atoms with Crippen LogP contribution in [0.3, 0.4) is 0 Å². The number of nitrogens with zero attached hydrogens (tertiary/aromatic N) is 1. The summed E-state index contributed by atoms with van der Waals surface area (Å²) in [5.74, 6) is 0.0786. The first-order valence-corrected chi connectivity index (χ1v) is 11.2. The number of fused-ring (bicyclic) bond motifs is 1. The van der Waals surface area contributed by atoms with Crippen LogP contribution < -0.4 is 10.6 Å². The summed E-state index contributed by atoms with van der Waals surface area (Å²) in [6.07, 6.45) is 1.22. The van der Waals surface area contributed by atoms with E-state index in [1.165, 1.54) is 30.4 Å². The molecule has 2 N–H and O–H groups in total. The van der Waals surface area contributed by atoms with E-state index in [0.717, 1.165) is 32.9 Å². The van der Waals surface area contributed by atoms with Gasteiger partial charge in [0.15, 0.2) is 0 Å². The number of hydrogen-bond acceptors (Lipinski definition) is 4. The molecule has 1 aromatic heterocycles. The summed E-state index contributed by atoms with van der Waals surface area (Å²) in [5.41, 5.74) is 3.26. The average molecular weight is 442 g/mol. The van der Waals surface area contributed by atoms with Crippen LogP contribution in [-0.4, -0.2) is 23.3 Å². The van der Waals surface area contributed by atoms with E-state index in [1.807, 2.05) is 25.1 Å². The topological polar surface area (TPSA) is 71.1 Å². The molecule has 5 nitrogen and oxygen atoms in total. The summed E-state index contributed by atoms with van der Waals surface area (Å²) in [7, 11) is 0. The van der Waals surface area contributed by atoms with Crippen molar-refractivity contribution in [2.45, 2.75) is 40.5 Å². The zero-order chi connectivity index (χ0) is 22.5. The second-order valence-electron chi connectivity index (χ2n) is 8.35. The van der Waals surface area contributed by atoms with Crippen LogP contribution in [0, 0.1) is 24.6 Å². The lowest BCUT2D eigenvalue weighted by molar-refractivity contribution is -0.120. The van der Waals surface area contributed by atoms with E-state index in [-0.39, 0.29) is 23.5 Å². The van der Waals surface area contributed by atoms with Crippen molar-refractivity contribution in [3.63, 3.8) is 0 Å². The van der Waals surface area contributed by atoms with Crippen molar-refractivity contribution in [1.82, 2.24) is 10.3 Å². The maximum Gasteiger partial charge on any atom is 0.224 e. The number of nitrogens with one attached hydrogen (secondary N) is 2. The molecule has 0 fully saturated rings. The van der Waals surface area contributed by atoms with Crippen LogP contribution in [-0.2, 0) is 9.59 Å². The molecule has 3 rings (SSSR count). The lowest BCUT2D eigenvalue weighted by atomic mass is 9.93. The van der Waals surface area contributed by atoms with E-state index < -0.39 is 0 Å². The SMILES string of the molecule is CC(=O)NC[C@H](CC(=O)Nc1ccc(-c2nc3cc(F)ccc3s2)cc1C)CC(C)C. The highest BCUT2D eigenvalue weighted by Gasteiger charge is 2.17. The first-order valence-electron chi connectivity index (χ1n) is 10.4. The highest BCUT2D eigenvalue weighted by Crippen LogP contribution is 2.32. The molecule has 1 heterocycles. The Labute approximate surface area is 186 Å². The molecule has 0 aliphatic rings. The first kappa shape index (κ1) is 22.9. The molecular formula is C24H28FN3O2S. The van der Waals surface area contributed by atoms with Crippen molar-refractivity contribution in [2.24, 2.45) is 11.8 Å². The number of halogens is 1. The van der Waals surface area contributed by atoms with E-state index in [0.29, 0.717) is 24.4 Å². The van der Waals surface area contributed by atoms with Crippen LogP contribution in [0.5, 0.6) is 0 Å². The zero-order valence-electron chi connectivity index (χ0n) is 18.3. The first-order chi connectivity index (χ1) is 14.7. The summed E-state index contributed by atoms with van der Waals surface area (Å²) >= 11 is 1.51. The smallest absolute Gasteiger partial charge is 0.224 e. The number of anilines is 1. The molecule has 3 aromatic rings. The lowest BCUT2D eigenvalue weighted by Gasteiger charge is -2.19. The van der Waals surface area contributed by atoms with Crippen molar-refractivity contribution in [3.8, 4) is 10.6 Å². The third kappa shape index (κ3) is 6.34. The largest absolute Gasteiger partial charge is 0.356 e. The van der Waals surface area contributed by atoms with Gasteiger partial charge in [0.05, 0.1) is 10.2 Å². The van der Waals surface area contributed by atoms with Crippen LogP contribution in [0.15, 0.2) is 36.4 Å². The second kappa shape index (κ2) is 10.0. The Bertz CT molecular complexity index is 1090. The molecule has 164 valence electrons. The van der Waals surface area contributed by atoms with Gasteiger partial charge in [-0.25, -0.2) is 9.37 Å². The standard InChI is InChI=1S/C24H28FN3O2S/c1-14(2)9-17(13-26-16(4)29)11-23(30)27-20-7-5-18(10-15(20)3)24-28-21-12-19(25)6-8-22(21)31-24/h5-8,10,12,14,17H,9,11,13H2,1-4H3,(H,26,29)(H,27,30)/t17-/m0/s1. The van der Waals surface area contributed by atoms with Crippen LogP contribution >= 0.6 is 11.3 Å². The Morgan fingerprint density at radius 1 is 1.16 bits per heavy atom. The van der Waals surface area contributed by atoms with Gasteiger partial charge >= 0.3 is 0 Å². The highest BCUT2D eigenvalue weighted by molar-refractivity contribution is 7.21. The van der Waals surface area contributed by atoms with Crippen LogP contribution in [0.2, 0.25) is 0 Å². The third-order valence-electron chi connectivity index (χ3n) is 5.02. The number of carbonyl (C=O) groups is 2. The molecule has 0 spiro atoms. The van der Waals surface area contributed by atoms with Crippen molar-refractivity contribution >= 4 is 39.1 Å². The second-order valence-corrected chi connectivity index (χ2v) is 9.38. The molecule has 0 radical (unpaired) electrons. The Balaban J connectivity index is 1.69. The summed E-state index contributed by atoms with van der Waals surface area (Å²) in [6.45, 7) is 8.14. The van der Waals surface area contributed by atoms with E-state index in [1.54, 1.807) is 6.07 Å². The highest BCUT2D eigenvalue weighted by atomic mass is 32.1. The van der Waals surface area contributed by atoms with Gasteiger partial charge in [0.25, 0.3) is 0 Å². The van der Waals surface area contributed by atoms with E-state index in [2.05, 4.69) is 29.5 Å². The minimum atomic E-state index is -0.298. The number of thiazole rings is 1. The minimum Gasteiger partial charge on any atom is -0.356 e. The normalized spacial score (nSPS) is 12.2. The number of aromatic nitrogens is 1. The van der Waals surface area contributed by atoms with E-state index in [4.69, 9.17) is 0 Å². The molecule has 7 heteroatoms. The molecule has 1 atom stereocenters. The summed E-state index contributed by atoms with van der Waals surface area (Å²) < 4.78 is 14.4. The Kier molecular flexibility index (Phi) is 7.38. The van der Waals surface area contributed by atoms with Gasteiger partial charge in [0, 0.05) is 37.2 Å². The molecule has 0 saturated carbocycles. The van der Waals surface area contributed by atoms with Crippen molar-refractivity contribution in [3.05, 3.63) is 47.8 Å². The number of carbonyl (C=O) groups excluding carboxylic acids is 2. The predicted octanol–water partition coefficient (Wildman–Crippen LogP) is 5.54. The fraction of sp³-hybridized carbons (Fsp3) is 0.375. The predicted molar refractivity (Wildman–Crippen MR) is 125 cm³/mol. The van der Waals surface area contributed by atoms with Gasteiger partial charge in [-0.05, 0) is 61.1 Å². The van der Waals surface area contributed by atoms with Gasteiger partial charge < -0.3 is 10.6 Å². The van der Waals surface area contributed by atoms with Crippen molar-refractivity contribution < 1.29 is 14.0 Å². The Hall–Kier alpha value is -2.80. The fourth-order valence-electron chi connectivity index (χ4n) is 3.62. The molecule has 2 amide bonds. The molecule has 0 aliphatic heterocycles. The molecule has 0 unspecified atom stereocenters. The summed E-state index contributed by atoms with van der Waals surface area (Å²) in [5, 5.41) is 6.63. The zero-order valence-corrected chi connectivity index (χ0v) is 19.1. The number of rotatable bonds is 8. The maximum absolute atomic E-state index is 13.4. The van der Waals surface area contributed by atoms with Crippen molar-refractivity contribution in [1.29, 1.82) is 0 Å². The van der Waals surface area contributed by atoms with Crippen LogP contribution in [0.25, 0.3) is 20.8 Å². The maximum atomic E-state index is 13.4. The molecular weight excluding hydrogens is 413 g/mol. The number of hydrogen-bond donors (Lipinski definition) is 2. The van der Waals surface area contributed by atoms with Gasteiger partial charge in [0.1, 0.15) is 10.8 Å². The molecule has 2 aromatic carbocycles. The summed E-state index contributed by atoms with van der Waals surface area (Å²) in [4.78, 5) is 28.4. The Morgan fingerprint density at radius 2 is 1.94 bits per heavy atom. The third-order valence-corrected chi connectivity index (χ3v) is 6.10. The van der Waals surface area contributed by atoms with Gasteiger partial charge in [-0.3, -0.25) is 9.59 Å². The molecule has 31 heavy (non-hydrogen) atoms. The molecule has 0 bridgehead atoms. The van der Waals surface area contributed by atoms with Crippen LogP contribution in [0.1, 0.15) is 39.2 Å². The average Bonchev–Trinajstić information content (AvgIpc) is 3.10. The number of benzene rings is 2. The van der Waals surface area contributed by atoms with Gasteiger partial charge in [-0.15, -0.1) is 11.3 Å². The lowest BCUT2D eigenvalue weighted by Crippen LogP contribution is -2.30. The van der Waals surface area contributed by atoms with Crippen molar-refractivity contribution in [2.75, 3.05) is 11.9 Å². The molecule has 0 aliphatic carbocycles. The fourth-order valence-corrected chi connectivity index (χ4v) is 4.56. The van der Waals surface area contributed by atoms with Gasteiger partial charge in [-0.1, -0.05) is 13.8 Å². The monoisotopic (exact) mass is 441 g/mol. The quantitative estimate of drug-likeness (QED) is 0.482. The van der Waals surface area contributed by atoms with Crippen LogP contribution in [0.4, 0.5) is 10.1 Å². The molecule has 0 saturated heterocycles. The minimum absolute atomic E-state index is 0.0673.